The Kier molecular flexibility index (Phi) is 5.22. The summed E-state index contributed by atoms with van der Waals surface area (Å²) in [5.41, 5.74) is 1.82. The van der Waals surface area contributed by atoms with Gasteiger partial charge >= 0.3 is 5.97 Å². The number of unbranched alkanes of at least 4 members (excludes halogenated alkanes) is 1. The zero-order valence-corrected chi connectivity index (χ0v) is 16.4. The highest BCUT2D eigenvalue weighted by atomic mass is 16.5. The topological polar surface area (TPSA) is 49.9 Å². The van der Waals surface area contributed by atoms with Crippen molar-refractivity contribution in [3.63, 3.8) is 0 Å². The number of piperidine rings is 1. The molecular formula is C22H30N2O3. The summed E-state index contributed by atoms with van der Waals surface area (Å²) in [7, 11) is 2.18. The van der Waals surface area contributed by atoms with Crippen LogP contribution in [0, 0.1) is 0 Å². The maximum Gasteiger partial charge on any atom is 0.314 e. The predicted molar refractivity (Wildman–Crippen MR) is 105 cm³/mol. The number of benzene rings is 1. The van der Waals surface area contributed by atoms with Crippen LogP contribution < -0.4 is 4.90 Å². The quantitative estimate of drug-likeness (QED) is 0.745. The Morgan fingerprint density at radius 3 is 2.59 bits per heavy atom. The highest BCUT2D eigenvalue weighted by Gasteiger charge is 2.42. The molecule has 1 aromatic carbocycles. The fourth-order valence-corrected chi connectivity index (χ4v) is 5.03. The Morgan fingerprint density at radius 1 is 1.19 bits per heavy atom. The van der Waals surface area contributed by atoms with Crippen molar-refractivity contribution >= 4 is 17.6 Å². The van der Waals surface area contributed by atoms with E-state index in [2.05, 4.69) is 18.9 Å². The van der Waals surface area contributed by atoms with Crippen LogP contribution in [-0.4, -0.2) is 48.6 Å². The molecule has 27 heavy (non-hydrogen) atoms. The van der Waals surface area contributed by atoms with Gasteiger partial charge < -0.3 is 14.5 Å². The van der Waals surface area contributed by atoms with Crippen molar-refractivity contribution in [2.75, 3.05) is 18.5 Å². The molecule has 0 spiro atoms. The first-order valence-electron chi connectivity index (χ1n) is 10.4. The van der Waals surface area contributed by atoms with E-state index in [0.29, 0.717) is 18.6 Å². The molecule has 0 radical (unpaired) electrons. The van der Waals surface area contributed by atoms with Crippen molar-refractivity contribution in [1.82, 2.24) is 4.90 Å². The van der Waals surface area contributed by atoms with E-state index in [9.17, 15) is 9.59 Å². The van der Waals surface area contributed by atoms with Gasteiger partial charge in [0.25, 0.3) is 0 Å². The first kappa shape index (κ1) is 18.5. The van der Waals surface area contributed by atoms with Crippen LogP contribution in [0.4, 0.5) is 5.69 Å². The van der Waals surface area contributed by atoms with Gasteiger partial charge in [0.1, 0.15) is 6.10 Å². The Bertz CT molecular complexity index is 705. The van der Waals surface area contributed by atoms with Gasteiger partial charge in [-0.05, 0) is 50.8 Å². The fourth-order valence-electron chi connectivity index (χ4n) is 5.03. The minimum absolute atomic E-state index is 0.00779. The Morgan fingerprint density at radius 2 is 1.89 bits per heavy atom. The smallest absolute Gasteiger partial charge is 0.314 e. The average Bonchev–Trinajstić information content (AvgIpc) is 2.88. The third kappa shape index (κ3) is 3.49. The molecule has 5 nitrogen and oxygen atoms in total. The molecule has 1 amide bonds. The molecule has 3 heterocycles. The highest BCUT2D eigenvalue weighted by Crippen LogP contribution is 2.39. The van der Waals surface area contributed by atoms with Crippen molar-refractivity contribution in [3.05, 3.63) is 29.8 Å². The van der Waals surface area contributed by atoms with Crippen LogP contribution in [0.15, 0.2) is 24.3 Å². The molecule has 2 unspecified atom stereocenters. The van der Waals surface area contributed by atoms with E-state index in [0.717, 1.165) is 36.9 Å². The first-order chi connectivity index (χ1) is 13.1. The molecule has 0 aliphatic carbocycles. The van der Waals surface area contributed by atoms with E-state index in [1.165, 1.54) is 12.8 Å². The van der Waals surface area contributed by atoms with Crippen LogP contribution in [0.25, 0.3) is 0 Å². The fraction of sp³-hybridized carbons (Fsp3) is 0.636. The number of nitrogens with zero attached hydrogens (tertiary/aromatic N) is 2. The molecule has 5 heteroatoms. The van der Waals surface area contributed by atoms with Gasteiger partial charge in [-0.3, -0.25) is 9.59 Å². The zero-order chi connectivity index (χ0) is 19.0. The largest absolute Gasteiger partial charge is 0.462 e. The van der Waals surface area contributed by atoms with Crippen molar-refractivity contribution < 1.29 is 14.3 Å². The van der Waals surface area contributed by atoms with Crippen molar-refractivity contribution in [1.29, 1.82) is 0 Å². The van der Waals surface area contributed by atoms with E-state index >= 15 is 0 Å². The van der Waals surface area contributed by atoms with Gasteiger partial charge in [0.05, 0.1) is 5.92 Å². The lowest BCUT2D eigenvalue weighted by atomic mass is 9.89. The molecule has 0 aromatic heterocycles. The second-order valence-corrected chi connectivity index (χ2v) is 8.30. The maximum absolute atomic E-state index is 13.0. The van der Waals surface area contributed by atoms with Gasteiger partial charge in [-0.2, -0.15) is 0 Å². The number of fused-ring (bicyclic) bond motifs is 3. The van der Waals surface area contributed by atoms with E-state index in [1.807, 2.05) is 29.2 Å². The highest BCUT2D eigenvalue weighted by molar-refractivity contribution is 6.01. The van der Waals surface area contributed by atoms with Crippen molar-refractivity contribution in [3.8, 4) is 0 Å². The van der Waals surface area contributed by atoms with Crippen LogP contribution in [-0.2, 0) is 14.3 Å². The summed E-state index contributed by atoms with van der Waals surface area (Å²) < 4.78 is 5.95. The normalized spacial score (nSPS) is 30.3. The number of hydrogen-bond acceptors (Lipinski definition) is 4. The summed E-state index contributed by atoms with van der Waals surface area (Å²) in [6, 6.07) is 8.89. The summed E-state index contributed by atoms with van der Waals surface area (Å²) in [4.78, 5) is 30.0. The molecule has 4 atom stereocenters. The number of para-hydroxylation sites is 1. The van der Waals surface area contributed by atoms with Crippen LogP contribution >= 0.6 is 0 Å². The third-order valence-electron chi connectivity index (χ3n) is 6.64. The standard InChI is InChI=1S/C22H30N2O3/c1-3-4-11-24-20-8-6-5-7-18(20)19(14-21(24)25)22(26)27-17-12-15-9-10-16(13-17)23(15)2/h5-8,15-17,19H,3-4,9-14H2,1-2H3/t15-,16+,17?,19?. The van der Waals surface area contributed by atoms with Gasteiger partial charge in [0.15, 0.2) is 0 Å². The van der Waals surface area contributed by atoms with Gasteiger partial charge in [-0.25, -0.2) is 0 Å². The molecule has 0 N–H and O–H groups in total. The second kappa shape index (κ2) is 7.63. The molecule has 3 aliphatic rings. The summed E-state index contributed by atoms with van der Waals surface area (Å²) in [6.07, 6.45) is 6.46. The van der Waals surface area contributed by atoms with Crippen LogP contribution in [0.1, 0.15) is 63.4 Å². The first-order valence-corrected chi connectivity index (χ1v) is 10.4. The van der Waals surface area contributed by atoms with E-state index in [1.54, 1.807) is 0 Å². The molecule has 2 bridgehead atoms. The van der Waals surface area contributed by atoms with Gasteiger partial charge in [-0.15, -0.1) is 0 Å². The minimum atomic E-state index is -0.469. The number of carbonyl (C=O) groups excluding carboxylic acids is 2. The number of ether oxygens (including phenoxy) is 1. The molecule has 3 aliphatic heterocycles. The summed E-state index contributed by atoms with van der Waals surface area (Å²) >= 11 is 0. The van der Waals surface area contributed by atoms with Crippen molar-refractivity contribution in [2.24, 2.45) is 0 Å². The van der Waals surface area contributed by atoms with Gasteiger partial charge in [0.2, 0.25) is 5.91 Å². The summed E-state index contributed by atoms with van der Waals surface area (Å²) in [6.45, 7) is 2.83. The molecule has 4 rings (SSSR count). The molecule has 146 valence electrons. The molecule has 0 saturated carbocycles. The van der Waals surface area contributed by atoms with Gasteiger partial charge in [0, 0.05) is 30.7 Å². The summed E-state index contributed by atoms with van der Waals surface area (Å²) in [5.74, 6) is -0.656. The number of hydrogen-bond donors (Lipinski definition) is 0. The average molecular weight is 370 g/mol. The monoisotopic (exact) mass is 370 g/mol. The van der Waals surface area contributed by atoms with E-state index in [-0.39, 0.29) is 24.4 Å². The third-order valence-corrected chi connectivity index (χ3v) is 6.64. The Labute approximate surface area is 161 Å². The minimum Gasteiger partial charge on any atom is -0.462 e. The lowest BCUT2D eigenvalue weighted by Crippen LogP contribution is -2.44. The van der Waals surface area contributed by atoms with Crippen LogP contribution in [0.5, 0.6) is 0 Å². The molecule has 2 saturated heterocycles. The molecule has 2 fully saturated rings. The number of amides is 1. The zero-order valence-electron chi connectivity index (χ0n) is 16.4. The second-order valence-electron chi connectivity index (χ2n) is 8.30. The van der Waals surface area contributed by atoms with Crippen LogP contribution in [0.3, 0.4) is 0 Å². The Balaban J connectivity index is 1.49. The molecule has 1 aromatic rings. The lowest BCUT2D eigenvalue weighted by Gasteiger charge is -2.37. The van der Waals surface area contributed by atoms with E-state index in [4.69, 9.17) is 4.74 Å². The maximum atomic E-state index is 13.0. The SMILES string of the molecule is CCCCN1C(=O)CC(C(=O)OC2C[C@H]3CC[C@@H](C2)N3C)c2ccccc21. The lowest BCUT2D eigenvalue weighted by molar-refractivity contribution is -0.155. The van der Waals surface area contributed by atoms with Crippen molar-refractivity contribution in [2.45, 2.75) is 76.0 Å². The molecular weight excluding hydrogens is 340 g/mol. The van der Waals surface area contributed by atoms with Crippen LogP contribution in [0.2, 0.25) is 0 Å². The number of rotatable bonds is 5. The predicted octanol–water partition coefficient (Wildman–Crippen LogP) is 3.48. The number of esters is 1. The summed E-state index contributed by atoms with van der Waals surface area (Å²) in [5, 5.41) is 0. The van der Waals surface area contributed by atoms with E-state index < -0.39 is 5.92 Å². The van der Waals surface area contributed by atoms with Gasteiger partial charge in [-0.1, -0.05) is 31.5 Å². The Hall–Kier alpha value is -1.88. The number of anilines is 1. The number of carbonyl (C=O) groups is 2.